The molecule has 0 atom stereocenters. The number of hydrogen-bond donors (Lipinski definition) is 1. The maximum absolute atomic E-state index is 4.85. The smallest absolute Gasteiger partial charge is 0.254 e. The van der Waals surface area contributed by atoms with E-state index in [1.165, 1.54) is 29.5 Å². The van der Waals surface area contributed by atoms with Crippen LogP contribution < -0.4 is 5.32 Å². The lowest BCUT2D eigenvalue weighted by atomic mass is 9.96. The number of fused-ring (bicyclic) bond motifs is 2. The van der Waals surface area contributed by atoms with Crippen molar-refractivity contribution in [3.05, 3.63) is 70.9 Å². The molecule has 1 N–H and O–H groups in total. The Kier molecular flexibility index (Phi) is 4.08. The van der Waals surface area contributed by atoms with Crippen LogP contribution in [0, 0.1) is 13.8 Å². The second-order valence-corrected chi connectivity index (χ2v) is 7.60. The highest BCUT2D eigenvalue weighted by Gasteiger charge is 2.21. The molecular weight excluding hydrogens is 346 g/mol. The third-order valence-corrected chi connectivity index (χ3v) is 5.35. The first-order chi connectivity index (χ1) is 13.7. The van der Waals surface area contributed by atoms with E-state index in [1.807, 2.05) is 4.52 Å². The number of nitrogens with zero attached hydrogens (tertiary/aromatic N) is 4. The van der Waals surface area contributed by atoms with Crippen LogP contribution in [0.3, 0.4) is 0 Å². The average molecular weight is 369 g/mol. The molecule has 0 aliphatic heterocycles. The monoisotopic (exact) mass is 369 g/mol. The van der Waals surface area contributed by atoms with Gasteiger partial charge in [-0.1, -0.05) is 42.0 Å². The van der Waals surface area contributed by atoms with Crippen LogP contribution in [0.15, 0.2) is 48.5 Å². The summed E-state index contributed by atoms with van der Waals surface area (Å²) in [5, 5.41) is 8.43. The summed E-state index contributed by atoms with van der Waals surface area (Å²) in [6.45, 7) is 4.19. The van der Waals surface area contributed by atoms with Crippen molar-refractivity contribution in [3.8, 4) is 11.4 Å². The van der Waals surface area contributed by atoms with E-state index in [-0.39, 0.29) is 0 Å². The molecule has 5 nitrogen and oxygen atoms in total. The first kappa shape index (κ1) is 16.9. The van der Waals surface area contributed by atoms with Gasteiger partial charge in [0.05, 0.1) is 5.69 Å². The lowest BCUT2D eigenvalue weighted by Gasteiger charge is -2.20. The van der Waals surface area contributed by atoms with Crippen molar-refractivity contribution in [2.75, 3.05) is 5.32 Å². The zero-order valence-corrected chi connectivity index (χ0v) is 16.2. The highest BCUT2D eigenvalue weighted by Crippen LogP contribution is 2.30. The second-order valence-electron chi connectivity index (χ2n) is 7.60. The average Bonchev–Trinajstić information content (AvgIpc) is 3.12. The topological polar surface area (TPSA) is 55.1 Å². The molecule has 0 saturated heterocycles. The predicted octanol–water partition coefficient (Wildman–Crippen LogP) is 5.03. The van der Waals surface area contributed by atoms with E-state index in [0.29, 0.717) is 11.6 Å². The van der Waals surface area contributed by atoms with Gasteiger partial charge >= 0.3 is 0 Å². The van der Waals surface area contributed by atoms with Crippen molar-refractivity contribution in [1.29, 1.82) is 0 Å². The molecule has 0 unspecified atom stereocenters. The first-order valence-electron chi connectivity index (χ1n) is 9.87. The number of aryl methyl sites for hydroxylation is 3. The zero-order chi connectivity index (χ0) is 19.1. The molecule has 1 aliphatic rings. The molecule has 140 valence electrons. The number of benzene rings is 2. The van der Waals surface area contributed by atoms with Crippen molar-refractivity contribution >= 4 is 17.3 Å². The standard InChI is InChI=1S/C23H23N5/c1-15-10-12-17(13-11-15)21-26-23-25-20-9-4-3-8-19(20)22(28(23)27-21)24-18-7-5-6-16(2)14-18/h5-7,10-14,24H,3-4,8-9H2,1-2H3. The van der Waals surface area contributed by atoms with Gasteiger partial charge in [-0.15, -0.1) is 5.10 Å². The van der Waals surface area contributed by atoms with Crippen LogP contribution in [0.4, 0.5) is 11.5 Å². The Morgan fingerprint density at radius 1 is 0.893 bits per heavy atom. The number of rotatable bonds is 3. The molecule has 2 aromatic heterocycles. The molecule has 0 amide bonds. The van der Waals surface area contributed by atoms with Crippen LogP contribution >= 0.6 is 0 Å². The van der Waals surface area contributed by atoms with Crippen molar-refractivity contribution in [3.63, 3.8) is 0 Å². The Morgan fingerprint density at radius 3 is 2.54 bits per heavy atom. The highest BCUT2D eigenvalue weighted by atomic mass is 15.4. The summed E-state index contributed by atoms with van der Waals surface area (Å²) in [7, 11) is 0. The molecule has 1 aliphatic carbocycles. The molecular formula is C23H23N5. The van der Waals surface area contributed by atoms with E-state index in [4.69, 9.17) is 15.1 Å². The van der Waals surface area contributed by atoms with E-state index in [0.717, 1.165) is 35.6 Å². The molecule has 2 heterocycles. The summed E-state index contributed by atoms with van der Waals surface area (Å²) in [4.78, 5) is 9.59. The van der Waals surface area contributed by atoms with Crippen LogP contribution in [0.1, 0.15) is 35.2 Å². The molecule has 5 rings (SSSR count). The third kappa shape index (κ3) is 3.03. The fraction of sp³-hybridized carbons (Fsp3) is 0.261. The zero-order valence-electron chi connectivity index (χ0n) is 16.2. The summed E-state index contributed by atoms with van der Waals surface area (Å²) in [6.07, 6.45) is 4.38. The van der Waals surface area contributed by atoms with Crippen molar-refractivity contribution in [2.45, 2.75) is 39.5 Å². The van der Waals surface area contributed by atoms with E-state index in [9.17, 15) is 0 Å². The van der Waals surface area contributed by atoms with Gasteiger partial charge in [0, 0.05) is 16.8 Å². The summed E-state index contributed by atoms with van der Waals surface area (Å²) in [5.74, 6) is 2.37. The van der Waals surface area contributed by atoms with Crippen LogP contribution in [0.25, 0.3) is 17.2 Å². The van der Waals surface area contributed by atoms with E-state index >= 15 is 0 Å². The lowest BCUT2D eigenvalue weighted by molar-refractivity contribution is 0.662. The summed E-state index contributed by atoms with van der Waals surface area (Å²) >= 11 is 0. The maximum Gasteiger partial charge on any atom is 0.254 e. The Labute approximate surface area is 164 Å². The van der Waals surface area contributed by atoms with Gasteiger partial charge in [-0.05, 0) is 57.2 Å². The minimum atomic E-state index is 0.659. The normalized spacial score (nSPS) is 13.5. The Balaban J connectivity index is 1.68. The highest BCUT2D eigenvalue weighted by molar-refractivity contribution is 5.66. The van der Waals surface area contributed by atoms with Gasteiger partial charge in [0.15, 0.2) is 5.82 Å². The summed E-state index contributed by atoms with van der Waals surface area (Å²) < 4.78 is 1.88. The molecule has 28 heavy (non-hydrogen) atoms. The van der Waals surface area contributed by atoms with Gasteiger partial charge in [-0.2, -0.15) is 9.50 Å². The van der Waals surface area contributed by atoms with Gasteiger partial charge < -0.3 is 5.32 Å². The molecule has 0 saturated carbocycles. The molecule has 5 heteroatoms. The minimum Gasteiger partial charge on any atom is -0.340 e. The molecule has 0 radical (unpaired) electrons. The second kappa shape index (κ2) is 6.75. The van der Waals surface area contributed by atoms with Crippen molar-refractivity contribution < 1.29 is 0 Å². The van der Waals surface area contributed by atoms with Crippen LogP contribution in [-0.2, 0) is 12.8 Å². The van der Waals surface area contributed by atoms with Crippen LogP contribution in [0.2, 0.25) is 0 Å². The van der Waals surface area contributed by atoms with Gasteiger partial charge in [0.1, 0.15) is 5.82 Å². The van der Waals surface area contributed by atoms with Crippen molar-refractivity contribution in [2.24, 2.45) is 0 Å². The van der Waals surface area contributed by atoms with E-state index in [1.54, 1.807) is 0 Å². The predicted molar refractivity (Wildman–Crippen MR) is 112 cm³/mol. The van der Waals surface area contributed by atoms with Gasteiger partial charge in [-0.25, -0.2) is 4.98 Å². The minimum absolute atomic E-state index is 0.659. The largest absolute Gasteiger partial charge is 0.340 e. The number of anilines is 2. The number of aromatic nitrogens is 4. The fourth-order valence-electron chi connectivity index (χ4n) is 3.86. The van der Waals surface area contributed by atoms with Crippen molar-refractivity contribution in [1.82, 2.24) is 19.6 Å². The molecule has 0 spiro atoms. The molecule has 2 aromatic carbocycles. The Morgan fingerprint density at radius 2 is 1.71 bits per heavy atom. The molecule has 0 fully saturated rings. The van der Waals surface area contributed by atoms with E-state index in [2.05, 4.69) is 67.7 Å². The first-order valence-corrected chi connectivity index (χ1v) is 9.87. The lowest BCUT2D eigenvalue weighted by Crippen LogP contribution is -2.13. The van der Waals surface area contributed by atoms with E-state index < -0.39 is 0 Å². The Hall–Kier alpha value is -3.21. The van der Waals surface area contributed by atoms with Crippen LogP contribution in [0.5, 0.6) is 0 Å². The Bertz CT molecular complexity index is 1160. The van der Waals surface area contributed by atoms with Gasteiger partial charge in [0.25, 0.3) is 5.78 Å². The summed E-state index contributed by atoms with van der Waals surface area (Å²) in [6, 6.07) is 16.7. The van der Waals surface area contributed by atoms with Crippen LogP contribution in [-0.4, -0.2) is 19.6 Å². The number of nitrogens with one attached hydrogen (secondary N) is 1. The third-order valence-electron chi connectivity index (χ3n) is 5.35. The van der Waals surface area contributed by atoms with Gasteiger partial charge in [-0.3, -0.25) is 0 Å². The number of hydrogen-bond acceptors (Lipinski definition) is 4. The SMILES string of the molecule is Cc1ccc(-c2nc3nc4c(c(Nc5cccc(C)c5)n3n2)CCCC4)cc1. The molecule has 4 aromatic rings. The fourth-order valence-corrected chi connectivity index (χ4v) is 3.86. The quantitative estimate of drug-likeness (QED) is 0.550. The summed E-state index contributed by atoms with van der Waals surface area (Å²) in [5.41, 5.74) is 6.94. The van der Waals surface area contributed by atoms with Gasteiger partial charge in [0.2, 0.25) is 0 Å². The maximum atomic E-state index is 4.85. The molecule has 0 bridgehead atoms.